The standard InChI is InChI=1S/C56H84B2/c1-43-13-37-14-44(2,25-43)30-51(21-37,29-43)55(57,52-22-38-15-45(3,31-52)26-46(4,16-38)32-52)41-9-11-42(12-10-41)56(58,53-23-39-17-47(5,33-53)27-48(6,18-39)34-53)54-24-40-19-49(7,35-54)28-50(8,20-40)36-54/h9-12,37-40H,13-36,57-58H2,1-8H3. The predicted octanol–water partition coefficient (Wildman–Crippen LogP) is 13.3. The quantitative estimate of drug-likeness (QED) is 0.252. The fraction of sp³-hybridized carbons (Fsp3) is 0.893. The first-order valence-corrected chi connectivity index (χ1v) is 25.9. The van der Waals surface area contributed by atoms with Gasteiger partial charge in [-0.1, -0.05) is 79.7 Å². The highest BCUT2D eigenvalue weighted by Gasteiger charge is 2.76. The summed E-state index contributed by atoms with van der Waals surface area (Å²) < 4.78 is 0. The lowest BCUT2D eigenvalue weighted by Crippen LogP contribution is -2.71. The van der Waals surface area contributed by atoms with Gasteiger partial charge in [0.05, 0.1) is 0 Å². The summed E-state index contributed by atoms with van der Waals surface area (Å²) >= 11 is 0. The molecule has 1 aromatic rings. The highest BCUT2D eigenvalue weighted by molar-refractivity contribution is 6.18. The Balaban J connectivity index is 1.00. The zero-order chi connectivity index (χ0) is 40.3. The van der Waals surface area contributed by atoms with Crippen molar-refractivity contribution in [3.8, 4) is 0 Å². The second-order valence-corrected chi connectivity index (χ2v) is 31.5. The van der Waals surface area contributed by atoms with Gasteiger partial charge in [-0.15, -0.1) is 0 Å². The molecule has 0 N–H and O–H groups in total. The Bertz CT molecular complexity index is 1660. The van der Waals surface area contributed by atoms with Gasteiger partial charge < -0.3 is 0 Å². The summed E-state index contributed by atoms with van der Waals surface area (Å²) in [6.07, 6.45) is 36.3. The van der Waals surface area contributed by atoms with E-state index in [9.17, 15) is 0 Å². The van der Waals surface area contributed by atoms with Crippen LogP contribution in [-0.4, -0.2) is 15.7 Å². The van der Waals surface area contributed by atoms with Crippen LogP contribution in [0.1, 0.15) is 221 Å². The van der Waals surface area contributed by atoms with E-state index in [0.29, 0.717) is 65.0 Å². The Kier molecular flexibility index (Phi) is 6.74. The van der Waals surface area contributed by atoms with Gasteiger partial charge in [0.1, 0.15) is 15.7 Å². The van der Waals surface area contributed by atoms with Gasteiger partial charge in [-0.25, -0.2) is 0 Å². The monoisotopic (exact) mass is 779 g/mol. The first kappa shape index (κ1) is 37.9. The minimum Gasteiger partial charge on any atom is -0.0596 e. The first-order valence-electron chi connectivity index (χ1n) is 25.9. The highest BCUT2D eigenvalue weighted by Crippen LogP contribution is 2.84. The van der Waals surface area contributed by atoms with Crippen LogP contribution in [0.3, 0.4) is 0 Å². The van der Waals surface area contributed by atoms with Crippen LogP contribution in [-0.2, 0) is 10.6 Å². The van der Waals surface area contributed by atoms with Crippen molar-refractivity contribution >= 4 is 15.7 Å². The smallest absolute Gasteiger partial charge is 0.0596 e. The van der Waals surface area contributed by atoms with Crippen LogP contribution >= 0.6 is 0 Å². The minimum absolute atomic E-state index is 0.238. The van der Waals surface area contributed by atoms with E-state index in [0.717, 1.165) is 23.7 Å². The van der Waals surface area contributed by atoms with Crippen LogP contribution in [0.15, 0.2) is 24.3 Å². The number of hydrogen-bond donors (Lipinski definition) is 0. The van der Waals surface area contributed by atoms with Crippen LogP contribution in [0.2, 0.25) is 0 Å². The van der Waals surface area contributed by atoms with Crippen molar-refractivity contribution in [2.75, 3.05) is 0 Å². The van der Waals surface area contributed by atoms with Gasteiger partial charge in [-0.2, -0.15) is 0 Å². The Hall–Kier alpha value is -0.650. The molecule has 8 unspecified atom stereocenters. The molecule has 0 aliphatic heterocycles. The van der Waals surface area contributed by atoms with E-state index in [-0.39, 0.29) is 10.6 Å². The zero-order valence-corrected chi connectivity index (χ0v) is 39.6. The summed E-state index contributed by atoms with van der Waals surface area (Å²) in [7, 11) is 5.98. The molecule has 0 radical (unpaired) electrons. The molecule has 16 aliphatic rings. The van der Waals surface area contributed by atoms with Crippen molar-refractivity contribution in [3.05, 3.63) is 35.4 Å². The molecule has 16 bridgehead atoms. The summed E-state index contributed by atoms with van der Waals surface area (Å²) in [6, 6.07) is 11.7. The molecular weight excluding hydrogens is 694 g/mol. The Labute approximate surface area is 358 Å². The topological polar surface area (TPSA) is 0 Å². The van der Waals surface area contributed by atoms with Crippen LogP contribution in [0.4, 0.5) is 0 Å². The molecule has 0 heterocycles. The van der Waals surface area contributed by atoms with Crippen molar-refractivity contribution in [3.63, 3.8) is 0 Å². The molecule has 16 aliphatic carbocycles. The second-order valence-electron chi connectivity index (χ2n) is 31.5. The maximum absolute atomic E-state index is 2.99. The van der Waals surface area contributed by atoms with Crippen LogP contribution in [0.25, 0.3) is 0 Å². The van der Waals surface area contributed by atoms with E-state index in [1.54, 1.807) is 0 Å². The first-order chi connectivity index (χ1) is 26.8. The summed E-state index contributed by atoms with van der Waals surface area (Å²) in [4.78, 5) is 0. The predicted molar refractivity (Wildman–Crippen MR) is 246 cm³/mol. The molecule has 0 aromatic heterocycles. The second kappa shape index (κ2) is 10.3. The normalized spacial score (nSPS) is 62.1. The number of rotatable bonds is 6. The van der Waals surface area contributed by atoms with E-state index in [2.05, 4.69) is 95.3 Å². The molecule has 1 aromatic carbocycles. The molecule has 0 spiro atoms. The Morgan fingerprint density at radius 2 is 0.483 bits per heavy atom. The molecule has 314 valence electrons. The summed E-state index contributed by atoms with van der Waals surface area (Å²) in [5.41, 5.74) is 9.70. The van der Waals surface area contributed by atoms with Crippen molar-refractivity contribution in [2.24, 2.45) is 88.7 Å². The fourth-order valence-electron chi connectivity index (χ4n) is 27.5. The maximum atomic E-state index is 2.99. The van der Waals surface area contributed by atoms with E-state index in [1.165, 1.54) is 154 Å². The van der Waals surface area contributed by atoms with E-state index >= 15 is 0 Å². The largest absolute Gasteiger partial charge is 0.116 e. The van der Waals surface area contributed by atoms with Crippen LogP contribution in [0.5, 0.6) is 0 Å². The molecule has 2 heteroatoms. The van der Waals surface area contributed by atoms with Gasteiger partial charge in [0.2, 0.25) is 0 Å². The zero-order valence-electron chi connectivity index (χ0n) is 39.6. The molecular formula is C56H84B2. The Morgan fingerprint density at radius 1 is 0.310 bits per heavy atom. The lowest BCUT2D eigenvalue weighted by molar-refractivity contribution is -0.227. The van der Waals surface area contributed by atoms with E-state index in [1.807, 2.05) is 11.1 Å². The third kappa shape index (κ3) is 4.56. The molecule has 16 fully saturated rings. The van der Waals surface area contributed by atoms with Crippen LogP contribution < -0.4 is 0 Å². The van der Waals surface area contributed by atoms with Gasteiger partial charge in [0.15, 0.2) is 0 Å². The molecule has 0 nitrogen and oxygen atoms in total. The van der Waals surface area contributed by atoms with E-state index < -0.39 is 0 Å². The average molecular weight is 779 g/mol. The van der Waals surface area contributed by atoms with Gasteiger partial charge in [-0.3, -0.25) is 0 Å². The molecule has 0 saturated heterocycles. The lowest BCUT2D eigenvalue weighted by atomic mass is 9.23. The van der Waals surface area contributed by atoms with Crippen molar-refractivity contribution < 1.29 is 0 Å². The van der Waals surface area contributed by atoms with Crippen molar-refractivity contribution in [1.82, 2.24) is 0 Å². The molecule has 16 saturated carbocycles. The van der Waals surface area contributed by atoms with Gasteiger partial charge in [0.25, 0.3) is 0 Å². The molecule has 17 rings (SSSR count). The highest BCUT2D eigenvalue weighted by atomic mass is 14.8. The SMILES string of the molecule is BC(c1ccc(C(B)(C23CC4CC(C)(CC(C)(C4)C2)C3)C23CC4CC(C)(CC(C)(C4)C2)C3)cc1)(C12CC3CC(C)(CC(C)(C3)C1)C2)C12CC3CC(C)(CC(C)(C3)C1)C2. The van der Waals surface area contributed by atoms with Gasteiger partial charge in [0, 0.05) is 0 Å². The van der Waals surface area contributed by atoms with Crippen molar-refractivity contribution in [1.29, 1.82) is 0 Å². The number of benzene rings is 1. The van der Waals surface area contributed by atoms with Crippen molar-refractivity contribution in [2.45, 2.75) is 220 Å². The van der Waals surface area contributed by atoms with Crippen LogP contribution in [0, 0.1) is 88.7 Å². The lowest BCUT2D eigenvalue weighted by Gasteiger charge is -2.78. The van der Waals surface area contributed by atoms with Gasteiger partial charge in [-0.05, 0) is 265 Å². The summed E-state index contributed by atoms with van der Waals surface area (Å²) in [6.45, 7) is 22.2. The third-order valence-corrected chi connectivity index (χ3v) is 24.8. The number of hydrogen-bond acceptors (Lipinski definition) is 0. The fourth-order valence-corrected chi connectivity index (χ4v) is 27.5. The maximum Gasteiger partial charge on any atom is 0.116 e. The molecule has 0 amide bonds. The summed E-state index contributed by atoms with van der Waals surface area (Å²) in [5.74, 6) is 3.80. The Morgan fingerprint density at radius 3 is 0.638 bits per heavy atom. The van der Waals surface area contributed by atoms with Gasteiger partial charge >= 0.3 is 0 Å². The van der Waals surface area contributed by atoms with E-state index in [4.69, 9.17) is 0 Å². The summed E-state index contributed by atoms with van der Waals surface area (Å²) in [5, 5.41) is 0.477. The minimum atomic E-state index is 0.238. The molecule has 58 heavy (non-hydrogen) atoms. The molecule has 8 atom stereocenters. The third-order valence-electron chi connectivity index (χ3n) is 24.8. The average Bonchev–Trinajstić information content (AvgIpc) is 3.01.